The number of rotatable bonds is 5. The number of halogens is 4. The molecule has 10 heteroatoms. The van der Waals surface area contributed by atoms with Crippen LogP contribution in [0.1, 0.15) is 21.6 Å². The van der Waals surface area contributed by atoms with E-state index in [1.807, 2.05) is 0 Å². The predicted molar refractivity (Wildman–Crippen MR) is 76.7 cm³/mol. The van der Waals surface area contributed by atoms with E-state index in [1.165, 1.54) is 10.9 Å². The van der Waals surface area contributed by atoms with Gasteiger partial charge in [-0.1, -0.05) is 16.8 Å². The average molecular weight is 348 g/mol. The highest BCUT2D eigenvalue weighted by molar-refractivity contribution is 6.31. The summed E-state index contributed by atoms with van der Waals surface area (Å²) in [5, 5.41) is 9.94. The molecule has 2 rings (SSSR count). The van der Waals surface area contributed by atoms with E-state index in [1.54, 1.807) is 0 Å². The lowest BCUT2D eigenvalue weighted by molar-refractivity contribution is -0.137. The molecule has 3 N–H and O–H groups in total. The molecule has 2 aromatic rings. The summed E-state index contributed by atoms with van der Waals surface area (Å²) in [7, 11) is 0. The fourth-order valence-electron chi connectivity index (χ4n) is 1.80. The SMILES string of the molecule is NCCn1cc(C(=O)NCc2cc(C(F)(F)F)ccc2Cl)nn1. The third-order valence-corrected chi connectivity index (χ3v) is 3.31. The number of amides is 1. The Morgan fingerprint density at radius 3 is 2.78 bits per heavy atom. The van der Waals surface area contributed by atoms with Gasteiger partial charge in [-0.2, -0.15) is 13.2 Å². The van der Waals surface area contributed by atoms with Crippen LogP contribution >= 0.6 is 11.6 Å². The van der Waals surface area contributed by atoms with Crippen LogP contribution in [0.5, 0.6) is 0 Å². The summed E-state index contributed by atoms with van der Waals surface area (Å²) in [6.45, 7) is 0.579. The lowest BCUT2D eigenvalue weighted by Gasteiger charge is -2.10. The van der Waals surface area contributed by atoms with Crippen LogP contribution < -0.4 is 11.1 Å². The number of hydrogen-bond donors (Lipinski definition) is 2. The van der Waals surface area contributed by atoms with Crippen molar-refractivity contribution in [1.29, 1.82) is 0 Å². The minimum atomic E-state index is -4.48. The van der Waals surface area contributed by atoms with Gasteiger partial charge in [-0.25, -0.2) is 0 Å². The highest BCUT2D eigenvalue weighted by Crippen LogP contribution is 2.31. The number of benzene rings is 1. The third kappa shape index (κ3) is 4.42. The molecule has 1 heterocycles. The van der Waals surface area contributed by atoms with Crippen LogP contribution in [0.2, 0.25) is 5.02 Å². The molecule has 0 bridgehead atoms. The summed E-state index contributed by atoms with van der Waals surface area (Å²) < 4.78 is 39.4. The summed E-state index contributed by atoms with van der Waals surface area (Å²) in [4.78, 5) is 11.9. The third-order valence-electron chi connectivity index (χ3n) is 2.94. The van der Waals surface area contributed by atoms with E-state index in [-0.39, 0.29) is 22.8 Å². The van der Waals surface area contributed by atoms with Crippen molar-refractivity contribution in [2.24, 2.45) is 5.73 Å². The molecule has 1 amide bonds. The van der Waals surface area contributed by atoms with Crippen molar-refractivity contribution in [1.82, 2.24) is 20.3 Å². The van der Waals surface area contributed by atoms with E-state index in [9.17, 15) is 18.0 Å². The first kappa shape index (κ1) is 17.2. The number of carbonyl (C=O) groups is 1. The normalized spacial score (nSPS) is 11.5. The molecule has 23 heavy (non-hydrogen) atoms. The molecule has 0 spiro atoms. The maximum Gasteiger partial charge on any atom is 0.416 e. The number of aromatic nitrogens is 3. The largest absolute Gasteiger partial charge is 0.416 e. The molecule has 0 aliphatic rings. The molecule has 0 saturated carbocycles. The fraction of sp³-hybridized carbons (Fsp3) is 0.308. The molecule has 124 valence electrons. The second-order valence-corrected chi connectivity index (χ2v) is 5.05. The van der Waals surface area contributed by atoms with Crippen LogP contribution in [0.4, 0.5) is 13.2 Å². The summed E-state index contributed by atoms with van der Waals surface area (Å²) in [5.41, 5.74) is 4.72. The molecule has 0 radical (unpaired) electrons. The molecular formula is C13H13ClF3N5O. The summed E-state index contributed by atoms with van der Waals surface area (Å²) in [6.07, 6.45) is -3.08. The Balaban J connectivity index is 2.06. The van der Waals surface area contributed by atoms with Crippen LogP contribution in [0.15, 0.2) is 24.4 Å². The van der Waals surface area contributed by atoms with Gasteiger partial charge in [0.05, 0.1) is 18.3 Å². The maximum absolute atomic E-state index is 12.7. The smallest absolute Gasteiger partial charge is 0.346 e. The minimum absolute atomic E-state index is 0.0431. The first-order valence-electron chi connectivity index (χ1n) is 6.55. The molecule has 0 unspecified atom stereocenters. The number of nitrogens with zero attached hydrogens (tertiary/aromatic N) is 3. The number of carbonyl (C=O) groups excluding carboxylic acids is 1. The zero-order valence-electron chi connectivity index (χ0n) is 11.8. The van der Waals surface area contributed by atoms with E-state index in [2.05, 4.69) is 15.6 Å². The molecular weight excluding hydrogens is 335 g/mol. The van der Waals surface area contributed by atoms with Gasteiger partial charge in [-0.15, -0.1) is 5.10 Å². The molecule has 1 aromatic carbocycles. The van der Waals surface area contributed by atoms with E-state index in [0.717, 1.165) is 18.2 Å². The highest BCUT2D eigenvalue weighted by Gasteiger charge is 2.30. The molecule has 0 aliphatic heterocycles. The topological polar surface area (TPSA) is 85.8 Å². The average Bonchev–Trinajstić information content (AvgIpc) is 2.94. The van der Waals surface area contributed by atoms with E-state index < -0.39 is 17.6 Å². The van der Waals surface area contributed by atoms with Gasteiger partial charge in [0.15, 0.2) is 5.69 Å². The predicted octanol–water partition coefficient (Wildman–Crippen LogP) is 1.84. The van der Waals surface area contributed by atoms with Gasteiger partial charge in [-0.3, -0.25) is 9.48 Å². The van der Waals surface area contributed by atoms with Crippen molar-refractivity contribution in [2.75, 3.05) is 6.54 Å². The summed E-state index contributed by atoms with van der Waals surface area (Å²) in [6, 6.07) is 2.92. The maximum atomic E-state index is 12.7. The van der Waals surface area contributed by atoms with Gasteiger partial charge in [-0.05, 0) is 23.8 Å². The van der Waals surface area contributed by atoms with Crippen LogP contribution in [0, 0.1) is 0 Å². The van der Waals surface area contributed by atoms with Gasteiger partial charge in [0.25, 0.3) is 5.91 Å². The standard InChI is InChI=1S/C13H13ClF3N5O/c14-10-2-1-9(13(15,16)17)5-8(10)6-19-12(23)11-7-22(4-3-18)21-20-11/h1-2,5,7H,3-4,6,18H2,(H,19,23). The Labute approximate surface area is 134 Å². The second kappa shape index (κ2) is 6.97. The van der Waals surface area contributed by atoms with Gasteiger partial charge < -0.3 is 11.1 Å². The molecule has 0 saturated heterocycles. The first-order valence-corrected chi connectivity index (χ1v) is 6.93. The fourth-order valence-corrected chi connectivity index (χ4v) is 1.98. The monoisotopic (exact) mass is 347 g/mol. The van der Waals surface area contributed by atoms with E-state index >= 15 is 0 Å². The molecule has 6 nitrogen and oxygen atoms in total. The lowest BCUT2D eigenvalue weighted by Crippen LogP contribution is -2.23. The molecule has 0 atom stereocenters. The van der Waals surface area contributed by atoms with Gasteiger partial charge >= 0.3 is 6.18 Å². The van der Waals surface area contributed by atoms with Crippen LogP contribution in [-0.2, 0) is 19.3 Å². The molecule has 0 aliphatic carbocycles. The Morgan fingerprint density at radius 2 is 2.13 bits per heavy atom. The van der Waals surface area contributed by atoms with Crippen molar-refractivity contribution in [2.45, 2.75) is 19.3 Å². The van der Waals surface area contributed by atoms with Crippen molar-refractivity contribution >= 4 is 17.5 Å². The number of nitrogens with one attached hydrogen (secondary N) is 1. The number of hydrogen-bond acceptors (Lipinski definition) is 4. The van der Waals surface area contributed by atoms with E-state index in [4.69, 9.17) is 17.3 Å². The number of nitrogens with two attached hydrogens (primary N) is 1. The Morgan fingerprint density at radius 1 is 1.39 bits per heavy atom. The summed E-state index contributed by atoms with van der Waals surface area (Å²) in [5.74, 6) is -0.568. The van der Waals surface area contributed by atoms with Crippen molar-refractivity contribution < 1.29 is 18.0 Å². The minimum Gasteiger partial charge on any atom is -0.346 e. The Bertz CT molecular complexity index is 701. The van der Waals surface area contributed by atoms with Crippen LogP contribution in [0.3, 0.4) is 0 Å². The Kier molecular flexibility index (Phi) is 5.22. The number of alkyl halides is 3. The van der Waals surface area contributed by atoms with Crippen LogP contribution in [-0.4, -0.2) is 27.4 Å². The van der Waals surface area contributed by atoms with Crippen molar-refractivity contribution in [3.8, 4) is 0 Å². The van der Waals surface area contributed by atoms with Crippen LogP contribution in [0.25, 0.3) is 0 Å². The molecule has 1 aromatic heterocycles. The lowest BCUT2D eigenvalue weighted by atomic mass is 10.1. The van der Waals surface area contributed by atoms with Crippen molar-refractivity contribution in [3.63, 3.8) is 0 Å². The second-order valence-electron chi connectivity index (χ2n) is 4.64. The zero-order chi connectivity index (χ0) is 17.0. The molecule has 0 fully saturated rings. The van der Waals surface area contributed by atoms with Gasteiger partial charge in [0.1, 0.15) is 0 Å². The van der Waals surface area contributed by atoms with Crippen molar-refractivity contribution in [3.05, 3.63) is 46.2 Å². The van der Waals surface area contributed by atoms with Gasteiger partial charge in [0.2, 0.25) is 0 Å². The quantitative estimate of drug-likeness (QED) is 0.864. The zero-order valence-corrected chi connectivity index (χ0v) is 12.5. The first-order chi connectivity index (χ1) is 10.8. The Hall–Kier alpha value is -2.13. The highest BCUT2D eigenvalue weighted by atomic mass is 35.5. The van der Waals surface area contributed by atoms with Gasteiger partial charge in [0, 0.05) is 18.1 Å². The summed E-state index contributed by atoms with van der Waals surface area (Å²) >= 11 is 5.86. The van der Waals surface area contributed by atoms with E-state index in [0.29, 0.717) is 13.1 Å².